The fraction of sp³-hybridized carbons (Fsp3) is 0.0612. The van der Waals surface area contributed by atoms with E-state index in [0.29, 0.717) is 0 Å². The molecule has 250 valence electrons. The van der Waals surface area contributed by atoms with E-state index >= 15 is 0 Å². The van der Waals surface area contributed by atoms with Gasteiger partial charge in [-0.25, -0.2) is 0 Å². The van der Waals surface area contributed by atoms with Gasteiger partial charge in [0.25, 0.3) is 0 Å². The molecule has 0 bridgehead atoms. The molecule has 1 N–H and O–H groups in total. The number of H-pyrrole nitrogens is 1. The van der Waals surface area contributed by atoms with Crippen LogP contribution in [0.1, 0.15) is 32.0 Å². The molecule has 0 saturated heterocycles. The molecule has 0 fully saturated rings. The van der Waals surface area contributed by atoms with E-state index in [1.807, 2.05) is 6.08 Å². The molecule has 6 aromatic carbocycles. The van der Waals surface area contributed by atoms with E-state index in [-0.39, 0.29) is 0 Å². The third-order valence-corrected chi connectivity index (χ3v) is 10.4. The van der Waals surface area contributed by atoms with Gasteiger partial charge >= 0.3 is 0 Å². The lowest BCUT2D eigenvalue weighted by Gasteiger charge is -2.09. The molecule has 52 heavy (non-hydrogen) atoms. The normalized spacial score (nSPS) is 12.6. The molecule has 0 saturated carbocycles. The molecular formula is C49H39N3. The summed E-state index contributed by atoms with van der Waals surface area (Å²) in [6.45, 7) is 10.5. The van der Waals surface area contributed by atoms with Crippen molar-refractivity contribution >= 4 is 72.4 Å². The van der Waals surface area contributed by atoms with Gasteiger partial charge in [-0.1, -0.05) is 91.5 Å². The van der Waals surface area contributed by atoms with Gasteiger partial charge in [0.1, 0.15) is 0 Å². The Balaban J connectivity index is 1.17. The summed E-state index contributed by atoms with van der Waals surface area (Å²) in [6.07, 6.45) is 12.7. The number of nitrogens with zero attached hydrogens (tertiary/aromatic N) is 2. The highest BCUT2D eigenvalue weighted by molar-refractivity contribution is 6.13. The number of rotatable bonds is 7. The third-order valence-electron chi connectivity index (χ3n) is 10.4. The van der Waals surface area contributed by atoms with Gasteiger partial charge in [-0.2, -0.15) is 0 Å². The molecule has 9 rings (SSSR count). The Labute approximate surface area is 303 Å². The predicted octanol–water partition coefficient (Wildman–Crippen LogP) is 13.8. The summed E-state index contributed by atoms with van der Waals surface area (Å²) in [6, 6.07) is 46.6. The zero-order chi connectivity index (χ0) is 35.3. The largest absolute Gasteiger partial charge is 0.355 e. The zero-order valence-corrected chi connectivity index (χ0v) is 29.7. The summed E-state index contributed by atoms with van der Waals surface area (Å²) < 4.78 is 4.70. The van der Waals surface area contributed by atoms with Crippen LogP contribution in [0, 0.1) is 0 Å². The molecule has 3 aromatic heterocycles. The molecular weight excluding hydrogens is 631 g/mol. The molecule has 0 aliphatic rings. The van der Waals surface area contributed by atoms with Crippen molar-refractivity contribution < 1.29 is 0 Å². The summed E-state index contributed by atoms with van der Waals surface area (Å²) in [7, 11) is 0. The summed E-state index contributed by atoms with van der Waals surface area (Å²) in [5, 5.41) is 6.15. The van der Waals surface area contributed by atoms with Crippen molar-refractivity contribution in [1.29, 1.82) is 0 Å². The highest BCUT2D eigenvalue weighted by Crippen LogP contribution is 2.39. The van der Waals surface area contributed by atoms with E-state index in [0.717, 1.165) is 28.0 Å². The fourth-order valence-corrected chi connectivity index (χ4v) is 8.06. The maximum atomic E-state index is 4.23. The Kier molecular flexibility index (Phi) is 7.63. The number of benzene rings is 6. The molecule has 0 unspecified atom stereocenters. The molecule has 0 radical (unpaired) electrons. The minimum atomic E-state index is 1.13. The van der Waals surface area contributed by atoms with Crippen LogP contribution in [0.5, 0.6) is 0 Å². The number of aromatic amines is 1. The Bertz CT molecular complexity index is 2940. The van der Waals surface area contributed by atoms with Crippen molar-refractivity contribution in [3.05, 3.63) is 170 Å². The van der Waals surface area contributed by atoms with Crippen LogP contribution in [0.2, 0.25) is 0 Å². The molecule has 3 heterocycles. The summed E-state index contributed by atoms with van der Waals surface area (Å²) in [5.74, 6) is 0. The monoisotopic (exact) mass is 669 g/mol. The first-order valence-corrected chi connectivity index (χ1v) is 18.0. The van der Waals surface area contributed by atoms with Gasteiger partial charge < -0.3 is 14.1 Å². The maximum absolute atomic E-state index is 4.23. The first-order valence-electron chi connectivity index (χ1n) is 18.0. The van der Waals surface area contributed by atoms with Crippen LogP contribution in [-0.4, -0.2) is 14.1 Å². The van der Waals surface area contributed by atoms with Crippen LogP contribution in [0.3, 0.4) is 0 Å². The van der Waals surface area contributed by atoms with Crippen molar-refractivity contribution in [2.24, 2.45) is 0 Å². The molecule has 0 amide bonds. The standard InChI is InChI=1S/C49H39N3/c1-5-14-36(7-3)51-47-19-13-12-18-39(47)43-31-35(23-27-49(43)51)33-21-25-45-41(29-33)40-28-32(20-24-44(40)50-45)34-22-26-48-42(30-34)38(8-4)46(15-6-2)52(48)37-16-10-9-11-17-37/h5-31,50H,4H2,1-3H3/b14-5-,15-6-,36-7+. The molecule has 0 spiro atoms. The second kappa shape index (κ2) is 12.6. The molecule has 0 aliphatic heterocycles. The second-order valence-corrected chi connectivity index (χ2v) is 13.3. The van der Waals surface area contributed by atoms with E-state index in [1.165, 1.54) is 71.4 Å². The van der Waals surface area contributed by atoms with Gasteiger partial charge in [0.05, 0.1) is 22.2 Å². The topological polar surface area (TPSA) is 25.6 Å². The van der Waals surface area contributed by atoms with Crippen molar-refractivity contribution in [2.75, 3.05) is 0 Å². The maximum Gasteiger partial charge on any atom is 0.0541 e. The lowest BCUT2D eigenvalue weighted by molar-refractivity contribution is 1.10. The van der Waals surface area contributed by atoms with Gasteiger partial charge in [-0.05, 0) is 122 Å². The second-order valence-electron chi connectivity index (χ2n) is 13.3. The average molecular weight is 670 g/mol. The molecule has 3 nitrogen and oxygen atoms in total. The number of para-hydroxylation sites is 2. The predicted molar refractivity (Wildman–Crippen MR) is 226 cm³/mol. The average Bonchev–Trinajstić information content (AvgIpc) is 3.83. The first kappa shape index (κ1) is 31.4. The lowest BCUT2D eigenvalue weighted by Crippen LogP contribution is -1.96. The SMILES string of the molecule is C=Cc1c(/C=C\C)n(-c2ccccc2)c2ccc(-c3ccc4[nH]c5ccc(-c6ccc7c(c6)c6ccccc6n7C(/C=C\C)=C/C)cc5c4c3)cc12. The van der Waals surface area contributed by atoms with E-state index in [9.17, 15) is 0 Å². The Hall–Kier alpha value is -6.58. The van der Waals surface area contributed by atoms with Crippen molar-refractivity contribution in [3.8, 4) is 27.9 Å². The number of aromatic nitrogens is 3. The van der Waals surface area contributed by atoms with Crippen LogP contribution in [-0.2, 0) is 0 Å². The smallest absolute Gasteiger partial charge is 0.0541 e. The summed E-state index contributed by atoms with van der Waals surface area (Å²) in [4.78, 5) is 3.67. The quantitative estimate of drug-likeness (QED) is 0.163. The Morgan fingerprint density at radius 3 is 1.77 bits per heavy atom. The minimum Gasteiger partial charge on any atom is -0.355 e. The highest BCUT2D eigenvalue weighted by Gasteiger charge is 2.17. The number of hydrogen-bond acceptors (Lipinski definition) is 0. The summed E-state index contributed by atoms with van der Waals surface area (Å²) >= 11 is 0. The van der Waals surface area contributed by atoms with E-state index in [2.05, 4.69) is 199 Å². The van der Waals surface area contributed by atoms with Gasteiger partial charge in [0.2, 0.25) is 0 Å². The number of hydrogen-bond donors (Lipinski definition) is 1. The van der Waals surface area contributed by atoms with Crippen LogP contribution in [0.4, 0.5) is 0 Å². The van der Waals surface area contributed by atoms with E-state index in [1.54, 1.807) is 0 Å². The Morgan fingerprint density at radius 2 is 1.13 bits per heavy atom. The van der Waals surface area contributed by atoms with Gasteiger partial charge in [-0.3, -0.25) is 0 Å². The number of allylic oxidation sites excluding steroid dienone is 5. The molecule has 9 aromatic rings. The number of nitrogens with one attached hydrogen (secondary N) is 1. The zero-order valence-electron chi connectivity index (χ0n) is 29.7. The van der Waals surface area contributed by atoms with Crippen LogP contribution < -0.4 is 0 Å². The highest BCUT2D eigenvalue weighted by atomic mass is 15.0. The van der Waals surface area contributed by atoms with E-state index in [4.69, 9.17) is 0 Å². The van der Waals surface area contributed by atoms with Gasteiger partial charge in [-0.15, -0.1) is 0 Å². The van der Waals surface area contributed by atoms with Gasteiger partial charge in [0.15, 0.2) is 0 Å². The fourth-order valence-electron chi connectivity index (χ4n) is 8.06. The molecule has 3 heteroatoms. The third kappa shape index (κ3) is 4.89. The van der Waals surface area contributed by atoms with Crippen molar-refractivity contribution in [1.82, 2.24) is 14.1 Å². The number of fused-ring (bicyclic) bond motifs is 7. The lowest BCUT2D eigenvalue weighted by atomic mass is 9.98. The Morgan fingerprint density at radius 1 is 0.558 bits per heavy atom. The van der Waals surface area contributed by atoms with Crippen LogP contribution >= 0.6 is 0 Å². The first-order chi connectivity index (χ1) is 25.6. The van der Waals surface area contributed by atoms with E-state index < -0.39 is 0 Å². The molecule has 0 aliphatic carbocycles. The van der Waals surface area contributed by atoms with Crippen LogP contribution in [0.15, 0.2) is 158 Å². The van der Waals surface area contributed by atoms with Crippen LogP contribution in [0.25, 0.3) is 100 Å². The van der Waals surface area contributed by atoms with Crippen molar-refractivity contribution in [3.63, 3.8) is 0 Å². The molecule has 0 atom stereocenters. The van der Waals surface area contributed by atoms with Gasteiger partial charge in [0, 0.05) is 54.9 Å². The summed E-state index contributed by atoms with van der Waals surface area (Å²) in [5.41, 5.74) is 15.2. The van der Waals surface area contributed by atoms with Crippen molar-refractivity contribution in [2.45, 2.75) is 20.8 Å². The minimum absolute atomic E-state index is 1.13.